The van der Waals surface area contributed by atoms with Gasteiger partial charge in [-0.15, -0.1) is 0 Å². The Bertz CT molecular complexity index is 1170. The van der Waals surface area contributed by atoms with E-state index in [1.165, 1.54) is 11.3 Å². The second kappa shape index (κ2) is 10.9. The normalized spacial score (nSPS) is 11.8. The van der Waals surface area contributed by atoms with Gasteiger partial charge in [0.15, 0.2) is 5.13 Å². The number of rotatable bonds is 9. The second-order valence-corrected chi connectivity index (χ2v) is 8.88. The summed E-state index contributed by atoms with van der Waals surface area (Å²) in [6.45, 7) is 2.71. The molecule has 0 fully saturated rings. The van der Waals surface area contributed by atoms with Gasteiger partial charge in [-0.2, -0.15) is 0 Å². The van der Waals surface area contributed by atoms with E-state index < -0.39 is 6.04 Å². The van der Waals surface area contributed by atoms with Crippen LogP contribution in [0.4, 0.5) is 5.13 Å². The van der Waals surface area contributed by atoms with Crippen molar-refractivity contribution in [1.82, 2.24) is 10.3 Å². The third-order valence-electron chi connectivity index (χ3n) is 5.47. The second-order valence-electron chi connectivity index (χ2n) is 7.87. The third-order valence-corrected chi connectivity index (χ3v) is 6.53. The molecule has 0 aliphatic carbocycles. The van der Waals surface area contributed by atoms with Gasteiger partial charge in [-0.3, -0.25) is 14.5 Å². The lowest BCUT2D eigenvalue weighted by Crippen LogP contribution is -2.37. The Kier molecular flexibility index (Phi) is 7.47. The molecular weight excluding hydrogens is 430 g/mol. The Balaban J connectivity index is 1.59. The van der Waals surface area contributed by atoms with E-state index in [4.69, 9.17) is 4.98 Å². The number of aromatic nitrogens is 1. The fourth-order valence-corrected chi connectivity index (χ4v) is 4.68. The minimum absolute atomic E-state index is 0.0512. The first kappa shape index (κ1) is 22.7. The highest BCUT2D eigenvalue weighted by atomic mass is 32.1. The summed E-state index contributed by atoms with van der Waals surface area (Å²) >= 11 is 1.52. The Labute approximate surface area is 198 Å². The van der Waals surface area contributed by atoms with Gasteiger partial charge in [0.2, 0.25) is 5.91 Å². The van der Waals surface area contributed by atoms with Crippen molar-refractivity contribution in [2.75, 3.05) is 11.4 Å². The molecule has 4 rings (SSSR count). The van der Waals surface area contributed by atoms with Gasteiger partial charge in [0, 0.05) is 12.1 Å². The fraction of sp³-hybridized carbons (Fsp3) is 0.222. The van der Waals surface area contributed by atoms with Crippen LogP contribution in [-0.2, 0) is 4.79 Å². The molecular formula is C27H27N3O2S. The number of amides is 2. The number of hydrogen-bond acceptors (Lipinski definition) is 4. The van der Waals surface area contributed by atoms with Crippen LogP contribution in [0.15, 0.2) is 84.9 Å². The number of carbonyl (C=O) groups excluding carboxylic acids is 2. The molecule has 0 saturated carbocycles. The van der Waals surface area contributed by atoms with Crippen LogP contribution in [0.1, 0.15) is 48.1 Å². The van der Waals surface area contributed by atoms with Crippen molar-refractivity contribution in [3.05, 3.63) is 96.1 Å². The van der Waals surface area contributed by atoms with Crippen molar-refractivity contribution in [3.8, 4) is 0 Å². The van der Waals surface area contributed by atoms with Crippen LogP contribution in [-0.4, -0.2) is 23.3 Å². The number of thiazole rings is 1. The lowest BCUT2D eigenvalue weighted by Gasteiger charge is -2.24. The molecule has 3 aromatic carbocycles. The fourth-order valence-electron chi connectivity index (χ4n) is 3.67. The zero-order valence-electron chi connectivity index (χ0n) is 18.6. The van der Waals surface area contributed by atoms with Gasteiger partial charge < -0.3 is 5.32 Å². The van der Waals surface area contributed by atoms with Crippen molar-refractivity contribution in [2.45, 2.75) is 32.2 Å². The maximum Gasteiger partial charge on any atom is 0.251 e. The lowest BCUT2D eigenvalue weighted by molar-refractivity contribution is -0.119. The summed E-state index contributed by atoms with van der Waals surface area (Å²) in [6.07, 6.45) is 2.01. The summed E-state index contributed by atoms with van der Waals surface area (Å²) in [5.74, 6) is -0.248. The number of para-hydroxylation sites is 1. The summed E-state index contributed by atoms with van der Waals surface area (Å²) in [5.41, 5.74) is 2.36. The van der Waals surface area contributed by atoms with E-state index in [1.54, 1.807) is 17.0 Å². The van der Waals surface area contributed by atoms with E-state index >= 15 is 0 Å². The highest BCUT2D eigenvalue weighted by Crippen LogP contribution is 2.30. The Hall–Kier alpha value is -3.51. The maximum atomic E-state index is 13.6. The molecule has 1 N–H and O–H groups in total. The van der Waals surface area contributed by atoms with Crippen LogP contribution >= 0.6 is 11.3 Å². The minimum atomic E-state index is -0.440. The van der Waals surface area contributed by atoms with Gasteiger partial charge in [0.25, 0.3) is 5.91 Å². The Morgan fingerprint density at radius 3 is 2.30 bits per heavy atom. The van der Waals surface area contributed by atoms with Crippen molar-refractivity contribution < 1.29 is 9.59 Å². The predicted octanol–water partition coefficient (Wildman–Crippen LogP) is 5.99. The molecule has 1 atom stereocenters. The first-order chi connectivity index (χ1) is 16.2. The van der Waals surface area contributed by atoms with E-state index in [1.807, 2.05) is 72.8 Å². The van der Waals surface area contributed by atoms with Gasteiger partial charge >= 0.3 is 0 Å². The van der Waals surface area contributed by atoms with Crippen molar-refractivity contribution in [1.29, 1.82) is 0 Å². The molecule has 6 heteroatoms. The van der Waals surface area contributed by atoms with E-state index in [2.05, 4.69) is 12.2 Å². The van der Waals surface area contributed by atoms with Crippen LogP contribution < -0.4 is 10.2 Å². The monoisotopic (exact) mass is 457 g/mol. The number of fused-ring (bicyclic) bond motifs is 1. The highest BCUT2D eigenvalue weighted by Gasteiger charge is 2.25. The molecule has 0 aliphatic heterocycles. The topological polar surface area (TPSA) is 62.3 Å². The van der Waals surface area contributed by atoms with E-state index in [9.17, 15) is 9.59 Å². The van der Waals surface area contributed by atoms with E-state index in [0.717, 1.165) is 28.6 Å². The molecule has 2 amide bonds. The Morgan fingerprint density at radius 2 is 1.61 bits per heavy atom. The molecule has 0 spiro atoms. The quantitative estimate of drug-likeness (QED) is 0.336. The van der Waals surface area contributed by atoms with Gasteiger partial charge in [0.05, 0.1) is 22.7 Å². The van der Waals surface area contributed by atoms with Crippen molar-refractivity contribution >= 4 is 38.5 Å². The molecule has 4 aromatic rings. The number of carbonyl (C=O) groups is 2. The van der Waals surface area contributed by atoms with Crippen molar-refractivity contribution in [3.63, 3.8) is 0 Å². The number of nitrogens with one attached hydrogen (secondary N) is 1. The SMILES string of the molecule is CCCCN(C(=O)CC(NC(=O)c1ccccc1)c1ccccc1)c1nc2ccccc2s1. The van der Waals surface area contributed by atoms with Crippen LogP contribution in [0.5, 0.6) is 0 Å². The summed E-state index contributed by atoms with van der Waals surface area (Å²) in [4.78, 5) is 33.0. The number of unbranched alkanes of at least 4 members (excludes halogenated alkanes) is 1. The van der Waals surface area contributed by atoms with Gasteiger partial charge in [-0.1, -0.05) is 85.3 Å². The molecule has 168 valence electrons. The Morgan fingerprint density at radius 1 is 0.939 bits per heavy atom. The molecule has 5 nitrogen and oxygen atoms in total. The largest absolute Gasteiger partial charge is 0.345 e. The molecule has 0 saturated heterocycles. The molecule has 1 aromatic heterocycles. The average molecular weight is 458 g/mol. The van der Waals surface area contributed by atoms with Gasteiger partial charge in [-0.05, 0) is 36.2 Å². The zero-order chi connectivity index (χ0) is 23.0. The standard InChI is InChI=1S/C27H27N3O2S/c1-2-3-18-30(27-29-22-16-10-11-17-24(22)33-27)25(31)19-23(20-12-6-4-7-13-20)28-26(32)21-14-8-5-9-15-21/h4-17,23H,2-3,18-19H2,1H3,(H,28,32). The minimum Gasteiger partial charge on any atom is -0.345 e. The number of hydrogen-bond donors (Lipinski definition) is 1. The van der Waals surface area contributed by atoms with Crippen molar-refractivity contribution in [2.24, 2.45) is 0 Å². The highest BCUT2D eigenvalue weighted by molar-refractivity contribution is 7.22. The van der Waals surface area contributed by atoms with Crippen LogP contribution in [0.2, 0.25) is 0 Å². The summed E-state index contributed by atoms with van der Waals surface area (Å²) < 4.78 is 1.05. The molecule has 33 heavy (non-hydrogen) atoms. The van der Waals surface area contributed by atoms with Gasteiger partial charge in [-0.25, -0.2) is 4.98 Å². The van der Waals surface area contributed by atoms with Crippen LogP contribution in [0.25, 0.3) is 10.2 Å². The molecule has 0 radical (unpaired) electrons. The summed E-state index contributed by atoms with van der Waals surface area (Å²) in [7, 11) is 0. The lowest BCUT2D eigenvalue weighted by atomic mass is 10.0. The van der Waals surface area contributed by atoms with Crippen LogP contribution in [0.3, 0.4) is 0 Å². The molecule has 0 bridgehead atoms. The zero-order valence-corrected chi connectivity index (χ0v) is 19.4. The predicted molar refractivity (Wildman–Crippen MR) is 135 cm³/mol. The van der Waals surface area contributed by atoms with E-state index in [-0.39, 0.29) is 18.2 Å². The number of nitrogens with zero attached hydrogens (tertiary/aromatic N) is 2. The smallest absolute Gasteiger partial charge is 0.251 e. The van der Waals surface area contributed by atoms with E-state index in [0.29, 0.717) is 17.2 Å². The summed E-state index contributed by atoms with van der Waals surface area (Å²) in [6, 6.07) is 26.2. The molecule has 0 aliphatic rings. The summed E-state index contributed by atoms with van der Waals surface area (Å²) in [5, 5.41) is 3.77. The molecule has 1 unspecified atom stereocenters. The molecule has 1 heterocycles. The number of benzene rings is 3. The van der Waals surface area contributed by atoms with Gasteiger partial charge in [0.1, 0.15) is 0 Å². The first-order valence-electron chi connectivity index (χ1n) is 11.2. The first-order valence-corrected chi connectivity index (χ1v) is 12.0. The number of anilines is 1. The average Bonchev–Trinajstić information content (AvgIpc) is 3.29. The maximum absolute atomic E-state index is 13.6. The van der Waals surface area contributed by atoms with Crippen LogP contribution in [0, 0.1) is 0 Å². The third kappa shape index (κ3) is 5.65.